The number of benzene rings is 3. The summed E-state index contributed by atoms with van der Waals surface area (Å²) in [7, 11) is 3.33. The Morgan fingerprint density at radius 1 is 0.919 bits per heavy atom. The number of amides is 1. The van der Waals surface area contributed by atoms with E-state index in [-0.39, 0.29) is 5.91 Å². The molecule has 0 unspecified atom stereocenters. The summed E-state index contributed by atoms with van der Waals surface area (Å²) in [6, 6.07) is 18.8. The van der Waals surface area contributed by atoms with Gasteiger partial charge in [-0.2, -0.15) is 0 Å². The highest BCUT2D eigenvalue weighted by atomic mass is 16.5. The van der Waals surface area contributed by atoms with Crippen LogP contribution in [0.25, 0.3) is 10.8 Å². The summed E-state index contributed by atoms with van der Waals surface area (Å²) in [4.78, 5) is 16.2. The Morgan fingerprint density at radius 2 is 1.73 bits per heavy atom. The molecule has 5 nitrogen and oxygen atoms in total. The van der Waals surface area contributed by atoms with Crippen LogP contribution in [0.2, 0.25) is 0 Å². The van der Waals surface area contributed by atoms with Crippen LogP contribution in [0.1, 0.15) is 66.4 Å². The molecule has 1 atom stereocenters. The van der Waals surface area contributed by atoms with Gasteiger partial charge in [0.05, 0.1) is 14.2 Å². The van der Waals surface area contributed by atoms with Crippen LogP contribution >= 0.6 is 0 Å². The lowest BCUT2D eigenvalue weighted by atomic mass is 9.88. The second-order valence-corrected chi connectivity index (χ2v) is 10.7. The van der Waals surface area contributed by atoms with Gasteiger partial charge in [0, 0.05) is 30.3 Å². The molecule has 1 aliphatic heterocycles. The molecule has 0 spiro atoms. The van der Waals surface area contributed by atoms with Crippen molar-refractivity contribution in [3.05, 3.63) is 71.3 Å². The lowest BCUT2D eigenvalue weighted by Crippen LogP contribution is -2.36. The van der Waals surface area contributed by atoms with E-state index in [0.29, 0.717) is 29.6 Å². The molecule has 5 heteroatoms. The quantitative estimate of drug-likeness (QED) is 0.371. The van der Waals surface area contributed by atoms with Crippen molar-refractivity contribution in [2.24, 2.45) is 5.92 Å². The number of nitrogens with zero attached hydrogens (tertiary/aromatic N) is 1. The van der Waals surface area contributed by atoms with E-state index in [1.807, 2.05) is 24.3 Å². The van der Waals surface area contributed by atoms with Gasteiger partial charge >= 0.3 is 0 Å². The van der Waals surface area contributed by atoms with Gasteiger partial charge in [-0.05, 0) is 79.1 Å². The first-order chi connectivity index (χ1) is 18.2. The molecule has 196 valence electrons. The number of nitrogens with one attached hydrogen (secondary N) is 1. The minimum absolute atomic E-state index is 0.0686. The summed E-state index contributed by atoms with van der Waals surface area (Å²) in [5, 5.41) is 5.55. The third-order valence-corrected chi connectivity index (χ3v) is 8.32. The number of fused-ring (bicyclic) bond motifs is 1. The standard InChI is InChI=1S/C32H40N2O3/c1-36-30-17-16-28(32(35)33-21-24-14-15-25-11-6-7-12-26(25)19-24)29(31(30)37-2)20-27-13-8-18-34(27)22-23-9-4-3-5-10-23/h6-7,11-12,14-17,19,23,27H,3-5,8-10,13,18,20-22H2,1-2H3,(H,33,35)/t27-/m0/s1. The third kappa shape index (κ3) is 5.93. The van der Waals surface area contributed by atoms with E-state index in [0.717, 1.165) is 36.4 Å². The fourth-order valence-corrected chi connectivity index (χ4v) is 6.34. The van der Waals surface area contributed by atoms with Gasteiger partial charge in [-0.3, -0.25) is 9.69 Å². The van der Waals surface area contributed by atoms with Gasteiger partial charge < -0.3 is 14.8 Å². The number of likely N-dealkylation sites (tertiary alicyclic amines) is 1. The second-order valence-electron chi connectivity index (χ2n) is 10.7. The minimum Gasteiger partial charge on any atom is -0.493 e. The molecule has 2 aliphatic rings. The van der Waals surface area contributed by atoms with Gasteiger partial charge in [-0.15, -0.1) is 0 Å². The molecule has 5 rings (SSSR count). The Morgan fingerprint density at radius 3 is 2.51 bits per heavy atom. The van der Waals surface area contributed by atoms with Crippen molar-refractivity contribution in [1.82, 2.24) is 10.2 Å². The zero-order chi connectivity index (χ0) is 25.6. The summed E-state index contributed by atoms with van der Waals surface area (Å²) in [6.07, 6.45) is 10.0. The summed E-state index contributed by atoms with van der Waals surface area (Å²) in [5.74, 6) is 2.11. The molecule has 0 aromatic heterocycles. The largest absolute Gasteiger partial charge is 0.493 e. The minimum atomic E-state index is -0.0686. The molecule has 3 aromatic rings. The fraction of sp³-hybridized carbons (Fsp3) is 0.469. The number of rotatable bonds is 9. The molecule has 37 heavy (non-hydrogen) atoms. The van der Waals surface area contributed by atoms with E-state index >= 15 is 0 Å². The van der Waals surface area contributed by atoms with Crippen molar-refractivity contribution in [1.29, 1.82) is 0 Å². The van der Waals surface area contributed by atoms with Gasteiger partial charge in [-0.1, -0.05) is 55.7 Å². The van der Waals surface area contributed by atoms with Crippen LogP contribution in [0, 0.1) is 5.92 Å². The Kier molecular flexibility index (Phi) is 8.30. The molecule has 1 heterocycles. The molecule has 0 radical (unpaired) electrons. The molecule has 1 N–H and O–H groups in total. The number of hydrogen-bond donors (Lipinski definition) is 1. The zero-order valence-corrected chi connectivity index (χ0v) is 22.3. The molecular formula is C32H40N2O3. The summed E-state index contributed by atoms with van der Waals surface area (Å²) in [5.41, 5.74) is 2.73. The molecular weight excluding hydrogens is 460 g/mol. The van der Waals surface area contributed by atoms with Gasteiger partial charge in [0.25, 0.3) is 5.91 Å². The highest BCUT2D eigenvalue weighted by molar-refractivity contribution is 5.97. The van der Waals surface area contributed by atoms with Crippen LogP contribution in [0.15, 0.2) is 54.6 Å². The topological polar surface area (TPSA) is 50.8 Å². The first-order valence-electron chi connectivity index (χ1n) is 13.9. The predicted molar refractivity (Wildman–Crippen MR) is 150 cm³/mol. The number of carbonyl (C=O) groups excluding carboxylic acids is 1. The van der Waals surface area contributed by atoms with E-state index in [4.69, 9.17) is 9.47 Å². The van der Waals surface area contributed by atoms with Gasteiger partial charge in [0.15, 0.2) is 11.5 Å². The Balaban J connectivity index is 1.35. The Bertz CT molecular complexity index is 1220. The lowest BCUT2D eigenvalue weighted by Gasteiger charge is -2.31. The monoisotopic (exact) mass is 500 g/mol. The van der Waals surface area contributed by atoms with Crippen molar-refractivity contribution >= 4 is 16.7 Å². The molecule has 1 aliphatic carbocycles. The summed E-state index contributed by atoms with van der Waals surface area (Å²) >= 11 is 0. The summed E-state index contributed by atoms with van der Waals surface area (Å²) in [6.45, 7) is 2.81. The van der Waals surface area contributed by atoms with E-state index in [1.165, 1.54) is 55.8 Å². The maximum Gasteiger partial charge on any atom is 0.251 e. The average Bonchev–Trinajstić information content (AvgIpc) is 3.38. The smallest absolute Gasteiger partial charge is 0.251 e. The third-order valence-electron chi connectivity index (χ3n) is 8.32. The van der Waals surface area contributed by atoms with Crippen molar-refractivity contribution in [3.8, 4) is 11.5 Å². The average molecular weight is 501 g/mol. The SMILES string of the molecule is COc1ccc(C(=O)NCc2ccc3ccccc3c2)c(C[C@@H]2CCCN2CC2CCCCC2)c1OC. The van der Waals surface area contributed by atoms with E-state index in [2.05, 4.69) is 40.5 Å². The van der Waals surface area contributed by atoms with Crippen LogP contribution in [-0.2, 0) is 13.0 Å². The van der Waals surface area contributed by atoms with Crippen LogP contribution in [0.3, 0.4) is 0 Å². The van der Waals surface area contributed by atoms with Crippen molar-refractivity contribution in [3.63, 3.8) is 0 Å². The number of hydrogen-bond acceptors (Lipinski definition) is 4. The summed E-state index contributed by atoms with van der Waals surface area (Å²) < 4.78 is 11.5. The highest BCUT2D eigenvalue weighted by Gasteiger charge is 2.30. The van der Waals surface area contributed by atoms with Crippen LogP contribution in [0.4, 0.5) is 0 Å². The zero-order valence-electron chi connectivity index (χ0n) is 22.3. The molecule has 0 bridgehead atoms. The van der Waals surface area contributed by atoms with Gasteiger partial charge in [-0.25, -0.2) is 0 Å². The van der Waals surface area contributed by atoms with Crippen molar-refractivity contribution in [2.75, 3.05) is 27.3 Å². The maximum atomic E-state index is 13.5. The first kappa shape index (κ1) is 25.6. The first-order valence-corrected chi connectivity index (χ1v) is 13.9. The maximum absolute atomic E-state index is 13.5. The molecule has 1 saturated heterocycles. The lowest BCUT2D eigenvalue weighted by molar-refractivity contribution is 0.0948. The van der Waals surface area contributed by atoms with Crippen LogP contribution in [-0.4, -0.2) is 44.2 Å². The second kappa shape index (κ2) is 12.0. The highest BCUT2D eigenvalue weighted by Crippen LogP contribution is 2.37. The molecule has 1 saturated carbocycles. The van der Waals surface area contributed by atoms with E-state index in [9.17, 15) is 4.79 Å². The molecule has 3 aromatic carbocycles. The normalized spacial score (nSPS) is 18.7. The van der Waals surface area contributed by atoms with E-state index in [1.54, 1.807) is 14.2 Å². The predicted octanol–water partition coefficient (Wildman–Crippen LogP) is 6.37. The number of methoxy groups -OCH3 is 2. The van der Waals surface area contributed by atoms with Gasteiger partial charge in [0.1, 0.15) is 0 Å². The van der Waals surface area contributed by atoms with Crippen molar-refractivity contribution in [2.45, 2.75) is 64.0 Å². The Labute approximate surface area is 221 Å². The van der Waals surface area contributed by atoms with Gasteiger partial charge in [0.2, 0.25) is 0 Å². The number of ether oxygens (including phenoxy) is 2. The number of carbonyl (C=O) groups is 1. The van der Waals surface area contributed by atoms with Crippen LogP contribution < -0.4 is 14.8 Å². The fourth-order valence-electron chi connectivity index (χ4n) is 6.34. The molecule has 2 fully saturated rings. The van der Waals surface area contributed by atoms with Crippen LogP contribution in [0.5, 0.6) is 11.5 Å². The molecule has 1 amide bonds. The van der Waals surface area contributed by atoms with E-state index < -0.39 is 0 Å². The Hall–Kier alpha value is -3.05. The van der Waals surface area contributed by atoms with Crippen molar-refractivity contribution < 1.29 is 14.3 Å².